The van der Waals surface area contributed by atoms with E-state index < -0.39 is 0 Å². The number of rotatable bonds is 2. The number of carbonyl (C=O) groups is 1. The van der Waals surface area contributed by atoms with Crippen LogP contribution in [0.25, 0.3) is 0 Å². The lowest BCUT2D eigenvalue weighted by molar-refractivity contribution is -0.135. The lowest BCUT2D eigenvalue weighted by atomic mass is 9.98. The summed E-state index contributed by atoms with van der Waals surface area (Å²) < 4.78 is 0. The Bertz CT molecular complexity index is 513. The summed E-state index contributed by atoms with van der Waals surface area (Å²) in [6.07, 6.45) is 0. The van der Waals surface area contributed by atoms with Crippen LogP contribution in [0.2, 0.25) is 0 Å². The van der Waals surface area contributed by atoms with Gasteiger partial charge in [0.15, 0.2) is 0 Å². The van der Waals surface area contributed by atoms with Crippen molar-refractivity contribution in [2.24, 2.45) is 5.92 Å². The van der Waals surface area contributed by atoms with Crippen molar-refractivity contribution in [2.75, 3.05) is 42.6 Å². The molecule has 2 fully saturated rings. The van der Waals surface area contributed by atoms with Gasteiger partial charge in [0, 0.05) is 43.1 Å². The van der Waals surface area contributed by atoms with Crippen molar-refractivity contribution in [1.29, 1.82) is 0 Å². The van der Waals surface area contributed by atoms with Gasteiger partial charge in [0.05, 0.1) is 5.92 Å². The number of carbonyl (C=O) groups excluding carboxylic acids is 1. The summed E-state index contributed by atoms with van der Waals surface area (Å²) in [6.45, 7) is 9.85. The van der Waals surface area contributed by atoms with Gasteiger partial charge < -0.3 is 9.80 Å². The third kappa shape index (κ3) is 3.18. The summed E-state index contributed by atoms with van der Waals surface area (Å²) in [6, 6.07) is 0. The fraction of sp³-hybridized carbons (Fsp3) is 0.786. The molecule has 1 amide bonds. The summed E-state index contributed by atoms with van der Waals surface area (Å²) in [4.78, 5) is 16.6. The van der Waals surface area contributed by atoms with Crippen molar-refractivity contribution in [1.82, 2.24) is 15.1 Å². The average molecular weight is 326 g/mol. The van der Waals surface area contributed by atoms with E-state index in [2.05, 4.69) is 35.9 Å². The fourth-order valence-corrected chi connectivity index (χ4v) is 4.30. The van der Waals surface area contributed by atoms with Crippen LogP contribution in [0.3, 0.4) is 0 Å². The van der Waals surface area contributed by atoms with Gasteiger partial charge in [-0.15, -0.1) is 10.2 Å². The minimum atomic E-state index is 0.0431. The Labute approximate surface area is 134 Å². The van der Waals surface area contributed by atoms with E-state index in [-0.39, 0.29) is 11.3 Å². The first kappa shape index (κ1) is 15.1. The molecule has 7 heteroatoms. The lowest BCUT2D eigenvalue weighted by Crippen LogP contribution is -2.55. The van der Waals surface area contributed by atoms with Crippen molar-refractivity contribution >= 4 is 34.1 Å². The summed E-state index contributed by atoms with van der Waals surface area (Å²) in [7, 11) is 0. The zero-order valence-corrected chi connectivity index (χ0v) is 14.5. The van der Waals surface area contributed by atoms with Gasteiger partial charge in [-0.2, -0.15) is 11.8 Å². The van der Waals surface area contributed by atoms with Crippen LogP contribution in [0.1, 0.15) is 25.8 Å². The van der Waals surface area contributed by atoms with Crippen LogP contribution in [0.15, 0.2) is 0 Å². The molecule has 21 heavy (non-hydrogen) atoms. The highest BCUT2D eigenvalue weighted by Gasteiger charge is 2.37. The maximum atomic E-state index is 12.4. The molecule has 1 aromatic heterocycles. The number of aromatic nitrogens is 2. The monoisotopic (exact) mass is 326 g/mol. The molecule has 0 spiro atoms. The topological polar surface area (TPSA) is 49.3 Å². The molecular weight excluding hydrogens is 304 g/mol. The largest absolute Gasteiger partial charge is 0.345 e. The van der Waals surface area contributed by atoms with Crippen LogP contribution in [-0.4, -0.2) is 58.7 Å². The van der Waals surface area contributed by atoms with Crippen molar-refractivity contribution in [3.05, 3.63) is 5.01 Å². The molecule has 0 saturated carbocycles. The normalized spacial score (nSPS) is 20.5. The van der Waals surface area contributed by atoms with Crippen LogP contribution < -0.4 is 4.90 Å². The molecule has 3 rings (SSSR count). The molecular formula is C14H22N4OS2. The first-order valence-electron chi connectivity index (χ1n) is 7.40. The number of thioether (sulfide) groups is 1. The second kappa shape index (κ2) is 5.76. The Balaban J connectivity index is 1.55. The zero-order valence-electron chi connectivity index (χ0n) is 12.8. The summed E-state index contributed by atoms with van der Waals surface area (Å²) in [5.41, 5.74) is 0.0431. The van der Waals surface area contributed by atoms with Gasteiger partial charge >= 0.3 is 0 Å². The standard InChI is InChI=1S/C14H22N4OS2/c1-14(2,3)12-15-16-13(21-12)18-8-10(9-18)11(19)17-4-6-20-7-5-17/h10H,4-9H2,1-3H3. The molecule has 2 saturated heterocycles. The van der Waals surface area contributed by atoms with E-state index in [4.69, 9.17) is 0 Å². The number of nitrogens with zero attached hydrogens (tertiary/aromatic N) is 4. The molecule has 2 aliphatic heterocycles. The molecule has 0 atom stereocenters. The highest BCUT2D eigenvalue weighted by Crippen LogP contribution is 2.33. The maximum Gasteiger partial charge on any atom is 0.229 e. The molecule has 0 bridgehead atoms. The minimum absolute atomic E-state index is 0.0431. The predicted octanol–water partition coefficient (Wildman–Crippen LogP) is 1.85. The SMILES string of the molecule is CC(C)(C)c1nnc(N2CC(C(=O)N3CCSCC3)C2)s1. The number of hydrogen-bond donors (Lipinski definition) is 0. The van der Waals surface area contributed by atoms with E-state index in [1.54, 1.807) is 11.3 Å². The Kier molecular flexibility index (Phi) is 4.14. The first-order valence-corrected chi connectivity index (χ1v) is 9.38. The van der Waals surface area contributed by atoms with Crippen molar-refractivity contribution in [2.45, 2.75) is 26.2 Å². The van der Waals surface area contributed by atoms with E-state index in [0.29, 0.717) is 5.91 Å². The van der Waals surface area contributed by atoms with Gasteiger partial charge in [-0.3, -0.25) is 4.79 Å². The summed E-state index contributed by atoms with van der Waals surface area (Å²) in [5, 5.41) is 10.6. The van der Waals surface area contributed by atoms with Gasteiger partial charge in [0.2, 0.25) is 11.0 Å². The Hall–Kier alpha value is -0.820. The van der Waals surface area contributed by atoms with Crippen molar-refractivity contribution < 1.29 is 4.79 Å². The molecule has 5 nitrogen and oxygen atoms in total. The fourth-order valence-electron chi connectivity index (χ4n) is 2.48. The highest BCUT2D eigenvalue weighted by atomic mass is 32.2. The molecule has 0 aromatic carbocycles. The van der Waals surface area contributed by atoms with Crippen LogP contribution in [0.5, 0.6) is 0 Å². The van der Waals surface area contributed by atoms with E-state index in [1.165, 1.54) is 0 Å². The predicted molar refractivity (Wildman–Crippen MR) is 88.2 cm³/mol. The van der Waals surface area contributed by atoms with Crippen LogP contribution in [0.4, 0.5) is 5.13 Å². The Morgan fingerprint density at radius 1 is 1.19 bits per heavy atom. The third-order valence-electron chi connectivity index (χ3n) is 3.88. The molecule has 3 heterocycles. The Morgan fingerprint density at radius 3 is 2.43 bits per heavy atom. The Morgan fingerprint density at radius 2 is 1.86 bits per heavy atom. The van der Waals surface area contributed by atoms with Gasteiger partial charge in [0.1, 0.15) is 5.01 Å². The highest BCUT2D eigenvalue weighted by molar-refractivity contribution is 7.99. The number of amides is 1. The van der Waals surface area contributed by atoms with E-state index in [0.717, 1.165) is 47.8 Å². The molecule has 116 valence electrons. The minimum Gasteiger partial charge on any atom is -0.345 e. The van der Waals surface area contributed by atoms with Crippen molar-refractivity contribution in [3.8, 4) is 0 Å². The van der Waals surface area contributed by atoms with Gasteiger partial charge in [0.25, 0.3) is 0 Å². The third-order valence-corrected chi connectivity index (χ3v) is 6.23. The van der Waals surface area contributed by atoms with E-state index >= 15 is 0 Å². The summed E-state index contributed by atoms with van der Waals surface area (Å²) >= 11 is 3.58. The second-order valence-electron chi connectivity index (χ2n) is 6.68. The maximum absolute atomic E-state index is 12.4. The molecule has 1 aromatic rings. The average Bonchev–Trinajstić information content (AvgIpc) is 2.87. The first-order chi connectivity index (χ1) is 9.95. The van der Waals surface area contributed by atoms with Crippen molar-refractivity contribution in [3.63, 3.8) is 0 Å². The molecule has 0 unspecified atom stereocenters. The molecule has 0 N–H and O–H groups in total. The number of hydrogen-bond acceptors (Lipinski definition) is 6. The molecule has 0 aliphatic carbocycles. The van der Waals surface area contributed by atoms with E-state index in [9.17, 15) is 4.79 Å². The zero-order chi connectivity index (χ0) is 15.0. The van der Waals surface area contributed by atoms with E-state index in [1.807, 2.05) is 16.7 Å². The smallest absolute Gasteiger partial charge is 0.229 e. The number of anilines is 1. The van der Waals surface area contributed by atoms with Crippen LogP contribution in [0, 0.1) is 5.92 Å². The van der Waals surface area contributed by atoms with Gasteiger partial charge in [-0.1, -0.05) is 32.1 Å². The molecule has 2 aliphatic rings. The quantitative estimate of drug-likeness (QED) is 0.830. The van der Waals surface area contributed by atoms with Crippen LogP contribution in [-0.2, 0) is 10.2 Å². The lowest BCUT2D eigenvalue weighted by Gasteiger charge is -2.41. The van der Waals surface area contributed by atoms with Gasteiger partial charge in [-0.05, 0) is 0 Å². The van der Waals surface area contributed by atoms with Crippen LogP contribution >= 0.6 is 23.1 Å². The summed E-state index contributed by atoms with van der Waals surface area (Å²) in [5.74, 6) is 2.63. The van der Waals surface area contributed by atoms with Gasteiger partial charge in [-0.25, -0.2) is 0 Å². The molecule has 0 radical (unpaired) electrons. The second-order valence-corrected chi connectivity index (χ2v) is 8.86.